The fourth-order valence-electron chi connectivity index (χ4n) is 2.20. The van der Waals surface area contributed by atoms with Crippen molar-refractivity contribution in [3.63, 3.8) is 0 Å². The van der Waals surface area contributed by atoms with Crippen molar-refractivity contribution < 1.29 is 0 Å². The van der Waals surface area contributed by atoms with Gasteiger partial charge in [-0.2, -0.15) is 0 Å². The summed E-state index contributed by atoms with van der Waals surface area (Å²) in [5.74, 6) is 2.64. The molecule has 0 aliphatic rings. The van der Waals surface area contributed by atoms with Crippen LogP contribution in [-0.2, 0) is 6.42 Å². The summed E-state index contributed by atoms with van der Waals surface area (Å²) in [6, 6.07) is 4.15. The molecule has 5 nitrogen and oxygen atoms in total. The van der Waals surface area contributed by atoms with Crippen molar-refractivity contribution in [2.45, 2.75) is 39.7 Å². The first-order valence-corrected chi connectivity index (χ1v) is 7.37. The van der Waals surface area contributed by atoms with E-state index in [1.54, 1.807) is 6.20 Å². The van der Waals surface area contributed by atoms with Crippen LogP contribution in [0.1, 0.15) is 43.3 Å². The monoisotopic (exact) mass is 285 g/mol. The molecule has 0 spiro atoms. The van der Waals surface area contributed by atoms with E-state index in [0.29, 0.717) is 0 Å². The summed E-state index contributed by atoms with van der Waals surface area (Å²) in [5, 5.41) is 6.61. The van der Waals surface area contributed by atoms with Crippen LogP contribution in [0.5, 0.6) is 0 Å². The van der Waals surface area contributed by atoms with Crippen molar-refractivity contribution in [1.29, 1.82) is 0 Å². The largest absolute Gasteiger partial charge is 0.373 e. The molecule has 0 bridgehead atoms. The molecule has 0 fully saturated rings. The number of nitrogens with one attached hydrogen (secondary N) is 2. The van der Waals surface area contributed by atoms with Crippen molar-refractivity contribution in [1.82, 2.24) is 15.0 Å². The Hall–Kier alpha value is -2.17. The average Bonchev–Trinajstić information content (AvgIpc) is 2.51. The van der Waals surface area contributed by atoms with Crippen LogP contribution >= 0.6 is 0 Å². The van der Waals surface area contributed by atoms with E-state index in [9.17, 15) is 0 Å². The summed E-state index contributed by atoms with van der Waals surface area (Å²) < 4.78 is 0. The summed E-state index contributed by atoms with van der Waals surface area (Å²) in [7, 11) is 1.89. The maximum absolute atomic E-state index is 4.65. The molecule has 2 aromatic rings. The second-order valence-corrected chi connectivity index (χ2v) is 5.11. The van der Waals surface area contributed by atoms with Crippen LogP contribution in [0.25, 0.3) is 0 Å². The van der Waals surface area contributed by atoms with Crippen LogP contribution in [0.3, 0.4) is 0 Å². The van der Waals surface area contributed by atoms with Crippen molar-refractivity contribution in [3.8, 4) is 0 Å². The lowest BCUT2D eigenvalue weighted by Crippen LogP contribution is -2.13. The van der Waals surface area contributed by atoms with E-state index in [0.717, 1.165) is 41.4 Å². The van der Waals surface area contributed by atoms with Gasteiger partial charge in [0.1, 0.15) is 17.5 Å². The molecule has 0 amide bonds. The van der Waals surface area contributed by atoms with Crippen LogP contribution in [0, 0.1) is 6.92 Å². The van der Waals surface area contributed by atoms with Gasteiger partial charge in [0, 0.05) is 31.4 Å². The van der Waals surface area contributed by atoms with E-state index in [4.69, 9.17) is 0 Å². The van der Waals surface area contributed by atoms with Gasteiger partial charge in [0.05, 0.1) is 6.04 Å². The highest BCUT2D eigenvalue weighted by atomic mass is 15.1. The Kier molecular flexibility index (Phi) is 5.09. The van der Waals surface area contributed by atoms with E-state index >= 15 is 0 Å². The first kappa shape index (κ1) is 15.2. The molecule has 0 saturated carbocycles. The van der Waals surface area contributed by atoms with Gasteiger partial charge in [-0.25, -0.2) is 9.97 Å². The SMILES string of the molecule is CCCc1nc(NC)c(C)c(NC(C)c2cccnc2)n1. The average molecular weight is 285 g/mol. The molecule has 2 heterocycles. The third kappa shape index (κ3) is 3.68. The zero-order valence-corrected chi connectivity index (χ0v) is 13.1. The number of nitrogens with zero attached hydrogens (tertiary/aromatic N) is 3. The van der Waals surface area contributed by atoms with Gasteiger partial charge < -0.3 is 10.6 Å². The van der Waals surface area contributed by atoms with Crippen LogP contribution in [-0.4, -0.2) is 22.0 Å². The van der Waals surface area contributed by atoms with Crippen molar-refractivity contribution in [3.05, 3.63) is 41.5 Å². The highest BCUT2D eigenvalue weighted by Crippen LogP contribution is 2.24. The van der Waals surface area contributed by atoms with Gasteiger partial charge in [0.2, 0.25) is 0 Å². The molecule has 0 aliphatic heterocycles. The van der Waals surface area contributed by atoms with E-state index in [-0.39, 0.29) is 6.04 Å². The lowest BCUT2D eigenvalue weighted by Gasteiger charge is -2.18. The quantitative estimate of drug-likeness (QED) is 0.852. The first-order chi connectivity index (χ1) is 10.2. The molecule has 5 heteroatoms. The third-order valence-corrected chi connectivity index (χ3v) is 3.44. The van der Waals surface area contributed by atoms with Crippen molar-refractivity contribution in [2.75, 3.05) is 17.7 Å². The van der Waals surface area contributed by atoms with Crippen LogP contribution in [0.15, 0.2) is 24.5 Å². The Bertz CT molecular complexity index is 583. The second-order valence-electron chi connectivity index (χ2n) is 5.11. The zero-order chi connectivity index (χ0) is 15.2. The van der Waals surface area contributed by atoms with E-state index in [2.05, 4.69) is 45.5 Å². The topological polar surface area (TPSA) is 62.7 Å². The summed E-state index contributed by atoms with van der Waals surface area (Å²) in [6.45, 7) is 6.27. The number of hydrogen-bond acceptors (Lipinski definition) is 5. The molecule has 2 N–H and O–H groups in total. The van der Waals surface area contributed by atoms with Gasteiger partial charge in [-0.1, -0.05) is 13.0 Å². The maximum atomic E-state index is 4.65. The van der Waals surface area contributed by atoms with E-state index in [1.807, 2.05) is 26.2 Å². The molecule has 2 aromatic heterocycles. The molecule has 0 aromatic carbocycles. The van der Waals surface area contributed by atoms with Crippen LogP contribution < -0.4 is 10.6 Å². The third-order valence-electron chi connectivity index (χ3n) is 3.44. The molecule has 0 aliphatic carbocycles. The zero-order valence-electron chi connectivity index (χ0n) is 13.1. The Balaban J connectivity index is 2.28. The summed E-state index contributed by atoms with van der Waals surface area (Å²) in [5.41, 5.74) is 2.17. The van der Waals surface area contributed by atoms with E-state index < -0.39 is 0 Å². The Morgan fingerprint density at radius 3 is 2.62 bits per heavy atom. The molecule has 21 heavy (non-hydrogen) atoms. The number of anilines is 2. The molecule has 112 valence electrons. The smallest absolute Gasteiger partial charge is 0.135 e. The fraction of sp³-hybridized carbons (Fsp3) is 0.438. The number of aromatic nitrogens is 3. The molecular weight excluding hydrogens is 262 g/mol. The number of aryl methyl sites for hydroxylation is 1. The minimum absolute atomic E-state index is 0.145. The lowest BCUT2D eigenvalue weighted by atomic mass is 10.1. The van der Waals surface area contributed by atoms with Gasteiger partial charge in [0.25, 0.3) is 0 Å². The fourth-order valence-corrected chi connectivity index (χ4v) is 2.20. The molecule has 0 saturated heterocycles. The molecule has 1 unspecified atom stereocenters. The van der Waals surface area contributed by atoms with Crippen molar-refractivity contribution >= 4 is 11.6 Å². The second kappa shape index (κ2) is 7.02. The first-order valence-electron chi connectivity index (χ1n) is 7.37. The number of pyridine rings is 1. The minimum atomic E-state index is 0.145. The molecule has 2 rings (SSSR count). The Morgan fingerprint density at radius 2 is 2.00 bits per heavy atom. The van der Waals surface area contributed by atoms with Gasteiger partial charge in [-0.3, -0.25) is 4.98 Å². The summed E-state index contributed by atoms with van der Waals surface area (Å²) in [4.78, 5) is 13.4. The van der Waals surface area contributed by atoms with Crippen molar-refractivity contribution in [2.24, 2.45) is 0 Å². The maximum Gasteiger partial charge on any atom is 0.135 e. The summed E-state index contributed by atoms with van der Waals surface area (Å²) in [6.07, 6.45) is 5.57. The predicted octanol–water partition coefficient (Wildman–Crippen LogP) is 3.35. The van der Waals surface area contributed by atoms with E-state index in [1.165, 1.54) is 0 Å². The minimum Gasteiger partial charge on any atom is -0.373 e. The van der Waals surface area contributed by atoms with Gasteiger partial charge in [0.15, 0.2) is 0 Å². The van der Waals surface area contributed by atoms with Gasteiger partial charge in [-0.15, -0.1) is 0 Å². The van der Waals surface area contributed by atoms with Gasteiger partial charge >= 0.3 is 0 Å². The highest BCUT2D eigenvalue weighted by molar-refractivity contribution is 5.57. The van der Waals surface area contributed by atoms with Crippen LogP contribution in [0.2, 0.25) is 0 Å². The number of hydrogen-bond donors (Lipinski definition) is 2. The molecule has 1 atom stereocenters. The molecule has 0 radical (unpaired) electrons. The standard InChI is InChI=1S/C16H23N5/c1-5-7-14-20-15(17-4)11(2)16(21-14)19-12(3)13-8-6-9-18-10-13/h6,8-10,12H,5,7H2,1-4H3,(H2,17,19,20,21). The lowest BCUT2D eigenvalue weighted by molar-refractivity contribution is 0.814. The molecular formula is C16H23N5. The predicted molar refractivity (Wildman–Crippen MR) is 86.6 cm³/mol. The highest BCUT2D eigenvalue weighted by Gasteiger charge is 2.13. The Morgan fingerprint density at radius 1 is 1.24 bits per heavy atom. The number of rotatable bonds is 6. The Labute approximate surface area is 126 Å². The normalized spacial score (nSPS) is 12.0. The summed E-state index contributed by atoms with van der Waals surface area (Å²) >= 11 is 0. The van der Waals surface area contributed by atoms with Gasteiger partial charge in [-0.05, 0) is 31.9 Å². The van der Waals surface area contributed by atoms with Crippen LogP contribution in [0.4, 0.5) is 11.6 Å².